The number of nitrogens with zero attached hydrogens (tertiary/aromatic N) is 2. The smallest absolute Gasteiger partial charge is 0.229 e. The van der Waals surface area contributed by atoms with Crippen molar-refractivity contribution in [2.75, 3.05) is 10.6 Å². The molecule has 0 aliphatic heterocycles. The topological polar surface area (TPSA) is 49.8 Å². The van der Waals surface area contributed by atoms with Crippen LogP contribution in [0.4, 0.5) is 27.5 Å². The molecule has 1 heterocycles. The molecule has 5 heteroatoms. The van der Waals surface area contributed by atoms with Crippen LogP contribution in [0.15, 0.2) is 54.6 Å². The van der Waals surface area contributed by atoms with Gasteiger partial charge in [0.15, 0.2) is 0 Å². The van der Waals surface area contributed by atoms with Gasteiger partial charge in [0.1, 0.15) is 11.6 Å². The number of hydrogen-bond acceptors (Lipinski definition) is 4. The first-order chi connectivity index (χ1) is 11.6. The summed E-state index contributed by atoms with van der Waals surface area (Å²) in [5.41, 5.74) is 3.67. The number of rotatable bonds is 5. The van der Waals surface area contributed by atoms with Crippen LogP contribution in [0.2, 0.25) is 0 Å². The molecule has 0 saturated carbocycles. The van der Waals surface area contributed by atoms with E-state index in [9.17, 15) is 4.39 Å². The van der Waals surface area contributed by atoms with Gasteiger partial charge in [-0.25, -0.2) is 9.37 Å². The Morgan fingerprint density at radius 2 is 1.79 bits per heavy atom. The lowest BCUT2D eigenvalue weighted by molar-refractivity contribution is 0.628. The first kappa shape index (κ1) is 15.9. The average Bonchev–Trinajstić information content (AvgIpc) is 2.55. The molecule has 0 unspecified atom stereocenters. The van der Waals surface area contributed by atoms with Crippen molar-refractivity contribution in [3.63, 3.8) is 0 Å². The zero-order valence-electron chi connectivity index (χ0n) is 13.7. The van der Waals surface area contributed by atoms with Crippen LogP contribution in [0.25, 0.3) is 0 Å². The number of aryl methyl sites for hydroxylation is 2. The van der Waals surface area contributed by atoms with E-state index < -0.39 is 0 Å². The molecule has 3 rings (SSSR count). The third kappa shape index (κ3) is 3.87. The average molecular weight is 322 g/mol. The minimum atomic E-state index is -0.303. The van der Waals surface area contributed by atoms with Crippen LogP contribution in [0.3, 0.4) is 0 Å². The first-order valence-electron chi connectivity index (χ1n) is 7.87. The summed E-state index contributed by atoms with van der Waals surface area (Å²) >= 11 is 0. The van der Waals surface area contributed by atoms with Gasteiger partial charge in [-0.15, -0.1) is 0 Å². The SMILES string of the molecule is CCc1ccccc1Nc1cc(C)nc(Nc2cccc(F)c2)n1. The minimum Gasteiger partial charge on any atom is -0.340 e. The fourth-order valence-electron chi connectivity index (χ4n) is 2.47. The second-order valence-electron chi connectivity index (χ2n) is 5.49. The summed E-state index contributed by atoms with van der Waals surface area (Å²) in [7, 11) is 0. The van der Waals surface area contributed by atoms with Gasteiger partial charge in [-0.05, 0) is 43.2 Å². The van der Waals surface area contributed by atoms with Crippen molar-refractivity contribution < 1.29 is 4.39 Å². The second kappa shape index (κ2) is 7.08. The van der Waals surface area contributed by atoms with Crippen molar-refractivity contribution in [1.29, 1.82) is 0 Å². The highest BCUT2D eigenvalue weighted by atomic mass is 19.1. The highest BCUT2D eigenvalue weighted by Gasteiger charge is 2.06. The van der Waals surface area contributed by atoms with E-state index in [2.05, 4.69) is 33.6 Å². The number of para-hydroxylation sites is 1. The molecular weight excluding hydrogens is 303 g/mol. The van der Waals surface area contributed by atoms with Crippen molar-refractivity contribution in [2.24, 2.45) is 0 Å². The van der Waals surface area contributed by atoms with Gasteiger partial charge < -0.3 is 10.6 Å². The Balaban J connectivity index is 1.86. The van der Waals surface area contributed by atoms with E-state index in [0.29, 0.717) is 17.5 Å². The summed E-state index contributed by atoms with van der Waals surface area (Å²) < 4.78 is 13.3. The zero-order chi connectivity index (χ0) is 16.9. The predicted molar refractivity (Wildman–Crippen MR) is 95.6 cm³/mol. The maximum Gasteiger partial charge on any atom is 0.229 e. The van der Waals surface area contributed by atoms with Gasteiger partial charge in [-0.3, -0.25) is 0 Å². The summed E-state index contributed by atoms with van der Waals surface area (Å²) in [6.07, 6.45) is 0.932. The van der Waals surface area contributed by atoms with E-state index in [1.54, 1.807) is 12.1 Å². The van der Waals surface area contributed by atoms with E-state index >= 15 is 0 Å². The van der Waals surface area contributed by atoms with Crippen LogP contribution in [-0.2, 0) is 6.42 Å². The van der Waals surface area contributed by atoms with Crippen molar-refractivity contribution >= 4 is 23.1 Å². The third-order valence-electron chi connectivity index (χ3n) is 3.60. The maximum atomic E-state index is 13.3. The lowest BCUT2D eigenvalue weighted by atomic mass is 10.1. The Kier molecular flexibility index (Phi) is 4.70. The molecular formula is C19H19FN4. The summed E-state index contributed by atoms with van der Waals surface area (Å²) in [6.45, 7) is 4.01. The first-order valence-corrected chi connectivity index (χ1v) is 7.87. The van der Waals surface area contributed by atoms with Gasteiger partial charge in [-0.2, -0.15) is 4.98 Å². The Morgan fingerprint density at radius 1 is 0.958 bits per heavy atom. The fourth-order valence-corrected chi connectivity index (χ4v) is 2.47. The fraction of sp³-hybridized carbons (Fsp3) is 0.158. The summed E-state index contributed by atoms with van der Waals surface area (Å²) in [4.78, 5) is 8.83. The number of aromatic nitrogens is 2. The lowest BCUT2D eigenvalue weighted by Crippen LogP contribution is -2.03. The highest BCUT2D eigenvalue weighted by Crippen LogP contribution is 2.22. The van der Waals surface area contributed by atoms with Gasteiger partial charge >= 0.3 is 0 Å². The summed E-state index contributed by atoms with van der Waals surface area (Å²) in [5.74, 6) is 0.822. The van der Waals surface area contributed by atoms with E-state index in [4.69, 9.17) is 0 Å². The van der Waals surface area contributed by atoms with Crippen LogP contribution in [-0.4, -0.2) is 9.97 Å². The molecule has 0 fully saturated rings. The van der Waals surface area contributed by atoms with Crippen LogP contribution in [0.1, 0.15) is 18.2 Å². The van der Waals surface area contributed by atoms with E-state index in [1.807, 2.05) is 31.2 Å². The van der Waals surface area contributed by atoms with Gasteiger partial charge in [0.2, 0.25) is 5.95 Å². The maximum absolute atomic E-state index is 13.3. The van der Waals surface area contributed by atoms with Gasteiger partial charge in [0.25, 0.3) is 0 Å². The molecule has 0 aliphatic rings. The number of halogens is 1. The van der Waals surface area contributed by atoms with Crippen molar-refractivity contribution in [3.8, 4) is 0 Å². The van der Waals surface area contributed by atoms with Gasteiger partial charge in [0.05, 0.1) is 0 Å². The van der Waals surface area contributed by atoms with Crippen molar-refractivity contribution in [2.45, 2.75) is 20.3 Å². The molecule has 0 aliphatic carbocycles. The number of hydrogen-bond donors (Lipinski definition) is 2. The van der Waals surface area contributed by atoms with Gasteiger partial charge in [-0.1, -0.05) is 31.2 Å². The monoisotopic (exact) mass is 322 g/mol. The number of anilines is 4. The largest absolute Gasteiger partial charge is 0.340 e. The normalized spacial score (nSPS) is 10.5. The Labute approximate surface area is 140 Å². The molecule has 0 saturated heterocycles. The van der Waals surface area contributed by atoms with E-state index in [-0.39, 0.29) is 5.82 Å². The van der Waals surface area contributed by atoms with Crippen molar-refractivity contribution in [1.82, 2.24) is 9.97 Å². The molecule has 0 atom stereocenters. The van der Waals surface area contributed by atoms with E-state index in [1.165, 1.54) is 17.7 Å². The molecule has 0 radical (unpaired) electrons. The van der Waals surface area contributed by atoms with Crippen LogP contribution >= 0.6 is 0 Å². The quantitative estimate of drug-likeness (QED) is 0.696. The highest BCUT2D eigenvalue weighted by molar-refractivity contribution is 5.63. The molecule has 0 bridgehead atoms. The molecule has 2 N–H and O–H groups in total. The molecule has 0 spiro atoms. The summed E-state index contributed by atoms with van der Waals surface area (Å²) in [6, 6.07) is 16.2. The molecule has 122 valence electrons. The zero-order valence-corrected chi connectivity index (χ0v) is 13.7. The minimum absolute atomic E-state index is 0.303. The van der Waals surface area contributed by atoms with Crippen LogP contribution in [0.5, 0.6) is 0 Å². The van der Waals surface area contributed by atoms with Crippen LogP contribution in [0, 0.1) is 12.7 Å². The standard InChI is InChI=1S/C19H19FN4/c1-3-14-7-4-5-10-17(14)23-18-11-13(2)21-19(24-18)22-16-9-6-8-15(20)12-16/h4-12H,3H2,1-2H3,(H2,21,22,23,24). The van der Waals surface area contributed by atoms with Crippen molar-refractivity contribution in [3.05, 3.63) is 71.7 Å². The predicted octanol–water partition coefficient (Wildman–Crippen LogP) is 4.97. The molecule has 3 aromatic rings. The molecule has 1 aromatic heterocycles. The third-order valence-corrected chi connectivity index (χ3v) is 3.60. The molecule has 24 heavy (non-hydrogen) atoms. The second-order valence-corrected chi connectivity index (χ2v) is 5.49. The van der Waals surface area contributed by atoms with Crippen LogP contribution < -0.4 is 10.6 Å². The number of nitrogens with one attached hydrogen (secondary N) is 2. The Hall–Kier alpha value is -2.95. The lowest BCUT2D eigenvalue weighted by Gasteiger charge is -2.12. The van der Waals surface area contributed by atoms with Gasteiger partial charge in [0, 0.05) is 23.1 Å². The van der Waals surface area contributed by atoms with E-state index in [0.717, 1.165) is 17.8 Å². The molecule has 4 nitrogen and oxygen atoms in total. The molecule has 2 aromatic carbocycles. The Morgan fingerprint density at radius 3 is 2.58 bits per heavy atom. The summed E-state index contributed by atoms with van der Waals surface area (Å²) in [5, 5.41) is 6.37. The Bertz CT molecular complexity index is 848. The molecule has 0 amide bonds. The number of benzene rings is 2.